The van der Waals surface area contributed by atoms with Gasteiger partial charge in [-0.2, -0.15) is 0 Å². The first-order valence-electron chi connectivity index (χ1n) is 10.2. The molecule has 2 fully saturated rings. The van der Waals surface area contributed by atoms with Gasteiger partial charge in [-0.25, -0.2) is 9.98 Å². The molecule has 1 aliphatic carbocycles. The summed E-state index contributed by atoms with van der Waals surface area (Å²) in [7, 11) is 0. The molecule has 1 aromatic rings. The van der Waals surface area contributed by atoms with Gasteiger partial charge in [0.05, 0.1) is 25.4 Å². The molecule has 3 rings (SSSR count). The van der Waals surface area contributed by atoms with Crippen molar-refractivity contribution in [2.75, 3.05) is 31.1 Å². The lowest BCUT2D eigenvalue weighted by Gasteiger charge is -2.32. The zero-order valence-electron chi connectivity index (χ0n) is 16.9. The van der Waals surface area contributed by atoms with Crippen LogP contribution < -0.4 is 15.5 Å². The molecule has 0 radical (unpaired) electrons. The number of hydrogen-bond acceptors (Lipinski definition) is 5. The third kappa shape index (κ3) is 7.04. The van der Waals surface area contributed by atoms with Gasteiger partial charge in [-0.05, 0) is 51.2 Å². The molecule has 1 saturated heterocycles. The lowest BCUT2D eigenvalue weighted by Crippen LogP contribution is -2.45. The number of aromatic nitrogens is 1. The maximum absolute atomic E-state index is 9.66. The molecule has 0 amide bonds. The fourth-order valence-electron chi connectivity index (χ4n) is 3.63. The number of aliphatic hydroxyl groups excluding tert-OH is 1. The van der Waals surface area contributed by atoms with Gasteiger partial charge in [0.25, 0.3) is 0 Å². The molecule has 1 unspecified atom stereocenters. The molecule has 1 aliphatic heterocycles. The average molecular weight is 503 g/mol. The highest BCUT2D eigenvalue weighted by molar-refractivity contribution is 14.0. The molecule has 1 saturated carbocycles. The number of rotatable bonds is 5. The normalized spacial score (nSPS) is 25.8. The smallest absolute Gasteiger partial charge is 0.191 e. The Kier molecular flexibility index (Phi) is 9.73. The summed E-state index contributed by atoms with van der Waals surface area (Å²) in [4.78, 5) is 11.6. The van der Waals surface area contributed by atoms with E-state index in [-0.39, 0.29) is 36.2 Å². The van der Waals surface area contributed by atoms with Crippen molar-refractivity contribution in [1.82, 2.24) is 15.6 Å². The highest BCUT2D eigenvalue weighted by atomic mass is 127. The van der Waals surface area contributed by atoms with E-state index >= 15 is 0 Å². The van der Waals surface area contributed by atoms with Crippen LogP contribution in [0.2, 0.25) is 0 Å². The van der Waals surface area contributed by atoms with Crippen LogP contribution >= 0.6 is 24.0 Å². The molecule has 0 aromatic carbocycles. The van der Waals surface area contributed by atoms with Crippen LogP contribution in [0.4, 0.5) is 5.82 Å². The molecule has 158 valence electrons. The second-order valence-electron chi connectivity index (χ2n) is 7.50. The third-order valence-electron chi connectivity index (χ3n) is 5.18. The molecule has 2 heterocycles. The molecule has 7 nitrogen and oxygen atoms in total. The molecule has 1 aromatic heterocycles. The average Bonchev–Trinajstić information content (AvgIpc) is 2.68. The van der Waals surface area contributed by atoms with Gasteiger partial charge >= 0.3 is 0 Å². The summed E-state index contributed by atoms with van der Waals surface area (Å²) in [6.45, 7) is 8.11. The fraction of sp³-hybridized carbons (Fsp3) is 0.700. The Morgan fingerprint density at radius 3 is 2.75 bits per heavy atom. The third-order valence-corrected chi connectivity index (χ3v) is 5.18. The minimum absolute atomic E-state index is 0. The quantitative estimate of drug-likeness (QED) is 0.325. The van der Waals surface area contributed by atoms with Crippen LogP contribution in [-0.4, -0.2) is 60.5 Å². The summed E-state index contributed by atoms with van der Waals surface area (Å²) < 4.78 is 5.59. The summed E-state index contributed by atoms with van der Waals surface area (Å²) in [5.41, 5.74) is 1.09. The maximum Gasteiger partial charge on any atom is 0.191 e. The summed E-state index contributed by atoms with van der Waals surface area (Å²) in [5, 5.41) is 16.5. The number of ether oxygens (including phenoxy) is 1. The molecule has 0 spiro atoms. The lowest BCUT2D eigenvalue weighted by molar-refractivity contribution is 0.0529. The van der Waals surface area contributed by atoms with Crippen molar-refractivity contribution in [1.29, 1.82) is 0 Å². The monoisotopic (exact) mass is 503 g/mol. The molecule has 1 atom stereocenters. The largest absolute Gasteiger partial charge is 0.393 e. The van der Waals surface area contributed by atoms with E-state index < -0.39 is 0 Å². The summed E-state index contributed by atoms with van der Waals surface area (Å²) >= 11 is 0. The lowest BCUT2D eigenvalue weighted by atomic mass is 9.93. The number of halogens is 1. The van der Waals surface area contributed by atoms with Crippen molar-refractivity contribution >= 4 is 35.8 Å². The van der Waals surface area contributed by atoms with Crippen LogP contribution in [-0.2, 0) is 11.3 Å². The number of anilines is 1. The van der Waals surface area contributed by atoms with Gasteiger partial charge in [-0.1, -0.05) is 6.07 Å². The summed E-state index contributed by atoms with van der Waals surface area (Å²) in [6, 6.07) is 4.56. The van der Waals surface area contributed by atoms with Crippen LogP contribution in [0.15, 0.2) is 23.3 Å². The molecular formula is C20H34IN5O2. The van der Waals surface area contributed by atoms with E-state index in [9.17, 15) is 5.11 Å². The van der Waals surface area contributed by atoms with Gasteiger partial charge in [0.15, 0.2) is 5.96 Å². The number of guanidine groups is 1. The minimum Gasteiger partial charge on any atom is -0.393 e. The van der Waals surface area contributed by atoms with E-state index in [4.69, 9.17) is 9.73 Å². The molecule has 0 bridgehead atoms. The van der Waals surface area contributed by atoms with E-state index in [1.54, 1.807) is 0 Å². The first-order chi connectivity index (χ1) is 13.1. The molecule has 28 heavy (non-hydrogen) atoms. The van der Waals surface area contributed by atoms with Crippen LogP contribution in [0.25, 0.3) is 0 Å². The Morgan fingerprint density at radius 2 is 2.11 bits per heavy atom. The highest BCUT2D eigenvalue weighted by Crippen LogP contribution is 2.18. The first kappa shape index (κ1) is 23.2. The van der Waals surface area contributed by atoms with Gasteiger partial charge in [0.2, 0.25) is 0 Å². The SMILES string of the molecule is CCNC(=NCc1ccc(N2CCOC(C)C2)nc1)NC1CCC(O)CC1.I. The van der Waals surface area contributed by atoms with E-state index in [0.29, 0.717) is 12.6 Å². The predicted molar refractivity (Wildman–Crippen MR) is 123 cm³/mol. The maximum atomic E-state index is 9.66. The van der Waals surface area contributed by atoms with E-state index in [1.807, 2.05) is 6.20 Å². The first-order valence-corrected chi connectivity index (χ1v) is 10.2. The van der Waals surface area contributed by atoms with Crippen molar-refractivity contribution in [2.45, 2.75) is 64.3 Å². The molecule has 8 heteroatoms. The Morgan fingerprint density at radius 1 is 1.32 bits per heavy atom. The number of pyridine rings is 1. The van der Waals surface area contributed by atoms with Gasteiger partial charge in [-0.15, -0.1) is 24.0 Å². The van der Waals surface area contributed by atoms with Crippen molar-refractivity contribution in [3.63, 3.8) is 0 Å². The topological polar surface area (TPSA) is 82.0 Å². The Balaban J connectivity index is 0.00000280. The Bertz CT molecular complexity index is 605. The number of hydrogen-bond donors (Lipinski definition) is 3. The van der Waals surface area contributed by atoms with E-state index in [0.717, 1.165) is 69.3 Å². The van der Waals surface area contributed by atoms with E-state index in [2.05, 4.69) is 46.5 Å². The van der Waals surface area contributed by atoms with Gasteiger partial charge < -0.3 is 25.4 Å². The number of nitrogens with one attached hydrogen (secondary N) is 2. The Hall–Kier alpha value is -1.13. The fourth-order valence-corrected chi connectivity index (χ4v) is 3.63. The highest BCUT2D eigenvalue weighted by Gasteiger charge is 2.20. The number of aliphatic hydroxyl groups is 1. The predicted octanol–water partition coefficient (Wildman–Crippen LogP) is 2.28. The van der Waals surface area contributed by atoms with Crippen LogP contribution in [0, 0.1) is 0 Å². The van der Waals surface area contributed by atoms with Gasteiger partial charge in [0.1, 0.15) is 5.82 Å². The standard InChI is InChI=1S/C20H33N5O2.HI/c1-3-21-20(24-17-5-7-18(26)8-6-17)23-13-16-4-9-19(22-12-16)25-10-11-27-15(2)14-25;/h4,9,12,15,17-18,26H,3,5-8,10-11,13-14H2,1-2H3,(H2,21,23,24);1H. The number of morpholine rings is 1. The zero-order valence-corrected chi connectivity index (χ0v) is 19.3. The van der Waals surface area contributed by atoms with Gasteiger partial charge in [-0.3, -0.25) is 0 Å². The zero-order chi connectivity index (χ0) is 19.1. The van der Waals surface area contributed by atoms with Crippen molar-refractivity contribution in [3.05, 3.63) is 23.9 Å². The minimum atomic E-state index is -0.137. The van der Waals surface area contributed by atoms with Crippen LogP contribution in [0.5, 0.6) is 0 Å². The van der Waals surface area contributed by atoms with Gasteiger partial charge in [0, 0.05) is 31.9 Å². The van der Waals surface area contributed by atoms with Crippen molar-refractivity contribution in [2.24, 2.45) is 4.99 Å². The van der Waals surface area contributed by atoms with Crippen LogP contribution in [0.1, 0.15) is 45.1 Å². The number of nitrogens with zero attached hydrogens (tertiary/aromatic N) is 3. The molecule has 2 aliphatic rings. The summed E-state index contributed by atoms with van der Waals surface area (Å²) in [6.07, 6.45) is 5.73. The second-order valence-corrected chi connectivity index (χ2v) is 7.50. The molecule has 3 N–H and O–H groups in total. The molecular weight excluding hydrogens is 469 g/mol. The Labute approximate surface area is 185 Å². The van der Waals surface area contributed by atoms with Crippen molar-refractivity contribution in [3.8, 4) is 0 Å². The summed E-state index contributed by atoms with van der Waals surface area (Å²) in [5.74, 6) is 1.84. The van der Waals surface area contributed by atoms with Crippen molar-refractivity contribution < 1.29 is 9.84 Å². The number of aliphatic imine (C=N–C) groups is 1. The van der Waals surface area contributed by atoms with Crippen LogP contribution in [0.3, 0.4) is 0 Å². The van der Waals surface area contributed by atoms with E-state index in [1.165, 1.54) is 0 Å². The second kappa shape index (κ2) is 11.8.